The number of nitrogens with zero attached hydrogens (tertiary/aromatic N) is 3. The smallest absolute Gasteiger partial charge is 0.175 e. The van der Waals surface area contributed by atoms with Gasteiger partial charge in [-0.25, -0.2) is 22.3 Å². The first-order valence-electron chi connectivity index (χ1n) is 8.84. The summed E-state index contributed by atoms with van der Waals surface area (Å²) in [5.41, 5.74) is 4.53. The van der Waals surface area contributed by atoms with Crippen LogP contribution in [0.25, 0.3) is 28.0 Å². The number of aliphatic hydroxyl groups excluding tert-OH is 1. The van der Waals surface area contributed by atoms with Crippen LogP contribution in [0.15, 0.2) is 59.6 Å². The van der Waals surface area contributed by atoms with Gasteiger partial charge in [0.2, 0.25) is 0 Å². The maximum atomic E-state index is 13.5. The van der Waals surface area contributed by atoms with E-state index >= 15 is 0 Å². The summed E-state index contributed by atoms with van der Waals surface area (Å²) < 4.78 is 38.6. The fourth-order valence-electron chi connectivity index (χ4n) is 3.25. The van der Waals surface area contributed by atoms with Crippen LogP contribution in [0.1, 0.15) is 11.3 Å². The Kier molecular flexibility index (Phi) is 4.68. The van der Waals surface area contributed by atoms with Gasteiger partial charge < -0.3 is 5.11 Å². The maximum Gasteiger partial charge on any atom is 0.175 e. The molecule has 0 amide bonds. The number of hydrogen-bond donors (Lipinski definition) is 1. The lowest BCUT2D eigenvalue weighted by Gasteiger charge is -2.06. The summed E-state index contributed by atoms with van der Waals surface area (Å²) in [7, 11) is -3.32. The van der Waals surface area contributed by atoms with Crippen molar-refractivity contribution in [3.8, 4) is 22.4 Å². The first kappa shape index (κ1) is 19.2. The lowest BCUT2D eigenvalue weighted by molar-refractivity contribution is 0.272. The first-order valence-corrected chi connectivity index (χ1v) is 10.7. The second-order valence-electron chi connectivity index (χ2n) is 6.81. The molecule has 2 aromatic carbocycles. The Hall–Kier alpha value is -3.10. The maximum absolute atomic E-state index is 13.5. The van der Waals surface area contributed by atoms with E-state index in [1.54, 1.807) is 35.0 Å². The summed E-state index contributed by atoms with van der Waals surface area (Å²) in [5.74, 6) is -0.357. The lowest BCUT2D eigenvalue weighted by Crippen LogP contribution is -2.03. The predicted molar refractivity (Wildman–Crippen MR) is 108 cm³/mol. The summed E-state index contributed by atoms with van der Waals surface area (Å²) in [6.45, 7) is 1.61. The third-order valence-electron chi connectivity index (χ3n) is 4.79. The first-order chi connectivity index (χ1) is 13.8. The van der Waals surface area contributed by atoms with Crippen molar-refractivity contribution in [2.45, 2.75) is 18.4 Å². The van der Waals surface area contributed by atoms with E-state index in [1.165, 1.54) is 24.3 Å². The van der Waals surface area contributed by atoms with E-state index in [4.69, 9.17) is 0 Å². The summed E-state index contributed by atoms with van der Waals surface area (Å²) in [6, 6.07) is 12.4. The third kappa shape index (κ3) is 3.41. The molecule has 6 nitrogen and oxygen atoms in total. The van der Waals surface area contributed by atoms with E-state index in [0.717, 1.165) is 11.8 Å². The van der Waals surface area contributed by atoms with Crippen LogP contribution in [0.5, 0.6) is 0 Å². The minimum atomic E-state index is -3.32. The van der Waals surface area contributed by atoms with Crippen LogP contribution in [0.3, 0.4) is 0 Å². The van der Waals surface area contributed by atoms with Gasteiger partial charge >= 0.3 is 0 Å². The number of rotatable bonds is 4. The van der Waals surface area contributed by atoms with Crippen LogP contribution in [-0.4, -0.2) is 34.4 Å². The van der Waals surface area contributed by atoms with Gasteiger partial charge in [-0.15, -0.1) is 0 Å². The zero-order valence-corrected chi connectivity index (χ0v) is 16.6. The molecule has 0 saturated carbocycles. The molecular weight excluding hydrogens is 393 g/mol. The number of sulfone groups is 1. The van der Waals surface area contributed by atoms with Crippen LogP contribution in [-0.2, 0) is 16.4 Å². The van der Waals surface area contributed by atoms with E-state index in [9.17, 15) is 17.9 Å². The van der Waals surface area contributed by atoms with Crippen LogP contribution in [0.4, 0.5) is 4.39 Å². The van der Waals surface area contributed by atoms with Crippen molar-refractivity contribution in [1.29, 1.82) is 0 Å². The number of halogens is 1. The van der Waals surface area contributed by atoms with Crippen LogP contribution >= 0.6 is 0 Å². The predicted octanol–water partition coefficient (Wildman–Crippen LogP) is 3.41. The molecule has 0 bridgehead atoms. The van der Waals surface area contributed by atoms with Crippen LogP contribution < -0.4 is 0 Å². The van der Waals surface area contributed by atoms with E-state index in [-0.39, 0.29) is 17.3 Å². The zero-order chi connectivity index (χ0) is 20.8. The van der Waals surface area contributed by atoms with Crippen LogP contribution in [0, 0.1) is 12.7 Å². The number of aromatic nitrogens is 3. The highest BCUT2D eigenvalue weighted by Gasteiger charge is 2.20. The fourth-order valence-corrected chi connectivity index (χ4v) is 3.88. The zero-order valence-electron chi connectivity index (χ0n) is 15.8. The molecule has 0 aliphatic heterocycles. The van der Waals surface area contributed by atoms with Crippen molar-refractivity contribution < 1.29 is 17.9 Å². The molecule has 0 saturated heterocycles. The molecule has 2 heterocycles. The van der Waals surface area contributed by atoms with Crippen molar-refractivity contribution in [3.63, 3.8) is 0 Å². The monoisotopic (exact) mass is 411 g/mol. The van der Waals surface area contributed by atoms with Gasteiger partial charge in [-0.3, -0.25) is 0 Å². The second kappa shape index (κ2) is 7.06. The Morgan fingerprint density at radius 1 is 1.03 bits per heavy atom. The Morgan fingerprint density at radius 2 is 1.66 bits per heavy atom. The third-order valence-corrected chi connectivity index (χ3v) is 5.92. The molecule has 0 atom stereocenters. The van der Waals surface area contributed by atoms with Gasteiger partial charge in [-0.05, 0) is 42.3 Å². The molecular formula is C21H18FN3O3S. The Balaban J connectivity index is 2.02. The molecule has 148 valence electrons. The summed E-state index contributed by atoms with van der Waals surface area (Å²) >= 11 is 0. The van der Waals surface area contributed by atoms with Gasteiger partial charge in [0.15, 0.2) is 15.5 Å². The van der Waals surface area contributed by atoms with Gasteiger partial charge in [0.05, 0.1) is 22.8 Å². The molecule has 4 aromatic rings. The molecule has 4 rings (SSSR count). The highest BCUT2D eigenvalue weighted by Crippen LogP contribution is 2.35. The highest BCUT2D eigenvalue weighted by atomic mass is 32.2. The second-order valence-corrected chi connectivity index (χ2v) is 8.82. The molecule has 8 heteroatoms. The molecule has 0 spiro atoms. The van der Waals surface area contributed by atoms with Gasteiger partial charge in [0.1, 0.15) is 11.5 Å². The molecule has 0 fully saturated rings. The van der Waals surface area contributed by atoms with E-state index in [1.807, 2.05) is 6.92 Å². The average molecular weight is 411 g/mol. The van der Waals surface area contributed by atoms with Crippen molar-refractivity contribution in [2.24, 2.45) is 0 Å². The number of aliphatic hydroxyl groups is 1. The van der Waals surface area contributed by atoms with Crippen LogP contribution in [0.2, 0.25) is 0 Å². The van der Waals surface area contributed by atoms with Crippen molar-refractivity contribution in [3.05, 3.63) is 71.8 Å². The number of fused-ring (bicyclic) bond motifs is 1. The minimum Gasteiger partial charge on any atom is -0.390 e. The largest absolute Gasteiger partial charge is 0.390 e. The summed E-state index contributed by atoms with van der Waals surface area (Å²) in [5, 5.41) is 14.5. The molecule has 1 N–H and O–H groups in total. The quantitative estimate of drug-likeness (QED) is 0.556. The van der Waals surface area contributed by atoms with E-state index in [2.05, 4.69) is 10.1 Å². The lowest BCUT2D eigenvalue weighted by atomic mass is 10.0. The van der Waals surface area contributed by atoms with Crippen molar-refractivity contribution in [2.75, 3.05) is 6.26 Å². The topological polar surface area (TPSA) is 84.6 Å². The normalized spacial score (nSPS) is 11.9. The molecule has 0 aliphatic rings. The van der Waals surface area contributed by atoms with Gasteiger partial charge in [-0.1, -0.05) is 24.3 Å². The number of aryl methyl sites for hydroxylation is 1. The minimum absolute atomic E-state index is 0.207. The Morgan fingerprint density at radius 3 is 2.24 bits per heavy atom. The molecule has 2 aromatic heterocycles. The Labute approximate surface area is 167 Å². The number of hydrogen-bond acceptors (Lipinski definition) is 5. The molecule has 0 radical (unpaired) electrons. The Bertz CT molecular complexity index is 1310. The summed E-state index contributed by atoms with van der Waals surface area (Å²) in [6.07, 6.45) is 2.81. The molecule has 0 unspecified atom stereocenters. The van der Waals surface area contributed by atoms with Gasteiger partial charge in [0.25, 0.3) is 0 Å². The SMILES string of the molecule is Cc1cnc2c(-c3ccc(F)cc3)c(-c3ccc(S(C)(=O)=O)cc3)nn2c1CO. The standard InChI is InChI=1S/C21H18FN3O3S/c1-13-11-23-21-19(14-3-7-16(22)8-4-14)20(24-25(21)18(13)12-26)15-5-9-17(10-6-15)29(2,27)28/h3-11,26H,12H2,1-2H3. The number of benzene rings is 2. The summed E-state index contributed by atoms with van der Waals surface area (Å²) in [4.78, 5) is 4.70. The van der Waals surface area contributed by atoms with Crippen molar-refractivity contribution >= 4 is 15.5 Å². The fraction of sp³-hybridized carbons (Fsp3) is 0.143. The molecule has 29 heavy (non-hydrogen) atoms. The van der Waals surface area contributed by atoms with E-state index in [0.29, 0.717) is 33.7 Å². The average Bonchev–Trinajstić information content (AvgIpc) is 3.07. The molecule has 0 aliphatic carbocycles. The van der Waals surface area contributed by atoms with Crippen molar-refractivity contribution in [1.82, 2.24) is 14.6 Å². The van der Waals surface area contributed by atoms with E-state index < -0.39 is 9.84 Å². The highest BCUT2D eigenvalue weighted by molar-refractivity contribution is 7.90. The van der Waals surface area contributed by atoms with Gasteiger partial charge in [0, 0.05) is 18.0 Å². The van der Waals surface area contributed by atoms with Gasteiger partial charge in [-0.2, -0.15) is 5.10 Å².